The molecule has 22 heavy (non-hydrogen) atoms. The number of aryl methyl sites for hydroxylation is 1. The molecular formula is C15H14Cl2N2O2S. The van der Waals surface area contributed by atoms with E-state index >= 15 is 0 Å². The van der Waals surface area contributed by atoms with E-state index in [-0.39, 0.29) is 18.4 Å². The molecule has 2 amide bonds. The lowest BCUT2D eigenvalue weighted by Crippen LogP contribution is -2.34. The zero-order valence-electron chi connectivity index (χ0n) is 12.0. The van der Waals surface area contributed by atoms with Crippen molar-refractivity contribution in [3.05, 3.63) is 50.1 Å². The van der Waals surface area contributed by atoms with E-state index < -0.39 is 0 Å². The van der Waals surface area contributed by atoms with E-state index in [9.17, 15) is 9.59 Å². The third-order valence-corrected chi connectivity index (χ3v) is 4.65. The molecule has 4 nitrogen and oxygen atoms in total. The maximum Gasteiger partial charge on any atom is 0.264 e. The van der Waals surface area contributed by atoms with Crippen LogP contribution in [-0.2, 0) is 4.79 Å². The van der Waals surface area contributed by atoms with Crippen molar-refractivity contribution in [1.29, 1.82) is 0 Å². The first-order valence-electron chi connectivity index (χ1n) is 6.43. The second-order valence-electron chi connectivity index (χ2n) is 4.74. The number of para-hydroxylation sites is 1. The predicted octanol–water partition coefficient (Wildman–Crippen LogP) is 4.07. The molecular weight excluding hydrogens is 343 g/mol. The van der Waals surface area contributed by atoms with Crippen molar-refractivity contribution in [1.82, 2.24) is 4.90 Å². The average molecular weight is 357 g/mol. The van der Waals surface area contributed by atoms with Crippen molar-refractivity contribution in [2.75, 3.05) is 18.9 Å². The second kappa shape index (κ2) is 7.13. The van der Waals surface area contributed by atoms with Crippen LogP contribution in [0.15, 0.2) is 29.6 Å². The van der Waals surface area contributed by atoms with Crippen LogP contribution in [0.4, 0.5) is 5.69 Å². The highest BCUT2D eigenvalue weighted by atomic mass is 35.5. The molecule has 2 aromatic rings. The first-order chi connectivity index (χ1) is 10.4. The normalized spacial score (nSPS) is 10.4. The topological polar surface area (TPSA) is 49.4 Å². The Morgan fingerprint density at radius 2 is 1.86 bits per heavy atom. The number of likely N-dealkylation sites (N-methyl/N-ethyl adjacent to an activating group) is 1. The van der Waals surface area contributed by atoms with E-state index in [0.29, 0.717) is 20.6 Å². The Kier molecular flexibility index (Phi) is 5.45. The molecule has 0 aliphatic heterocycles. The summed E-state index contributed by atoms with van der Waals surface area (Å²) in [4.78, 5) is 26.3. The van der Waals surface area contributed by atoms with Crippen molar-refractivity contribution < 1.29 is 9.59 Å². The molecule has 116 valence electrons. The van der Waals surface area contributed by atoms with Crippen LogP contribution in [0.1, 0.15) is 15.2 Å². The van der Waals surface area contributed by atoms with E-state index in [0.717, 1.165) is 5.56 Å². The van der Waals surface area contributed by atoms with Gasteiger partial charge < -0.3 is 10.2 Å². The molecule has 0 unspecified atom stereocenters. The van der Waals surface area contributed by atoms with Crippen molar-refractivity contribution in [3.63, 3.8) is 0 Å². The number of hydrogen-bond acceptors (Lipinski definition) is 3. The van der Waals surface area contributed by atoms with E-state index in [4.69, 9.17) is 23.2 Å². The van der Waals surface area contributed by atoms with E-state index in [1.54, 1.807) is 25.2 Å². The third kappa shape index (κ3) is 3.80. The fraction of sp³-hybridized carbons (Fsp3) is 0.200. The second-order valence-corrected chi connectivity index (χ2v) is 6.47. The minimum absolute atomic E-state index is 0.0856. The van der Waals surface area contributed by atoms with Crippen LogP contribution in [0.2, 0.25) is 10.0 Å². The number of amides is 2. The number of hydrogen-bond donors (Lipinski definition) is 1. The smallest absolute Gasteiger partial charge is 0.264 e. The standard InChI is InChI=1S/C15H14Cl2N2O2S/c1-9-6-7-22-14(9)15(21)19(2)8-12(20)18-13-10(16)4-3-5-11(13)17/h3-7H,8H2,1-2H3,(H,18,20). The number of rotatable bonds is 4. The number of thiophene rings is 1. The summed E-state index contributed by atoms with van der Waals surface area (Å²) in [6.07, 6.45) is 0. The molecule has 0 aliphatic rings. The maximum absolute atomic E-state index is 12.3. The highest BCUT2D eigenvalue weighted by molar-refractivity contribution is 7.12. The van der Waals surface area contributed by atoms with Crippen LogP contribution in [0, 0.1) is 6.92 Å². The Morgan fingerprint density at radius 1 is 1.23 bits per heavy atom. The summed E-state index contributed by atoms with van der Waals surface area (Å²) < 4.78 is 0. The summed E-state index contributed by atoms with van der Waals surface area (Å²) in [7, 11) is 1.58. The van der Waals surface area contributed by atoms with Crippen LogP contribution in [0.5, 0.6) is 0 Å². The van der Waals surface area contributed by atoms with Crippen molar-refractivity contribution in [2.45, 2.75) is 6.92 Å². The van der Waals surface area contributed by atoms with Gasteiger partial charge in [-0.15, -0.1) is 11.3 Å². The Labute approximate surface area is 142 Å². The molecule has 1 aromatic carbocycles. The highest BCUT2D eigenvalue weighted by Gasteiger charge is 2.18. The molecule has 1 N–H and O–H groups in total. The number of nitrogens with one attached hydrogen (secondary N) is 1. The Morgan fingerprint density at radius 3 is 2.41 bits per heavy atom. The van der Waals surface area contributed by atoms with Gasteiger partial charge in [-0.3, -0.25) is 9.59 Å². The fourth-order valence-corrected chi connectivity index (χ4v) is 3.26. The monoisotopic (exact) mass is 356 g/mol. The molecule has 2 rings (SSSR count). The predicted molar refractivity (Wildman–Crippen MR) is 91.1 cm³/mol. The van der Waals surface area contributed by atoms with Crippen molar-refractivity contribution in [2.24, 2.45) is 0 Å². The van der Waals surface area contributed by atoms with Gasteiger partial charge in [0.2, 0.25) is 5.91 Å². The largest absolute Gasteiger partial charge is 0.332 e. The number of halogens is 2. The number of carbonyl (C=O) groups is 2. The zero-order valence-corrected chi connectivity index (χ0v) is 14.4. The molecule has 0 saturated heterocycles. The lowest BCUT2D eigenvalue weighted by atomic mass is 10.2. The van der Waals surface area contributed by atoms with Gasteiger partial charge in [0.25, 0.3) is 5.91 Å². The lowest BCUT2D eigenvalue weighted by Gasteiger charge is -2.17. The molecule has 1 heterocycles. The first kappa shape index (κ1) is 16.8. The van der Waals surface area contributed by atoms with Gasteiger partial charge in [-0.1, -0.05) is 29.3 Å². The maximum atomic E-state index is 12.3. The summed E-state index contributed by atoms with van der Waals surface area (Å²) in [6, 6.07) is 6.82. The van der Waals surface area contributed by atoms with Gasteiger partial charge in [-0.2, -0.15) is 0 Å². The van der Waals surface area contributed by atoms with Crippen molar-refractivity contribution >= 4 is 52.0 Å². The number of nitrogens with zero attached hydrogens (tertiary/aromatic N) is 1. The summed E-state index contributed by atoms with van der Waals surface area (Å²) in [5, 5.41) is 5.18. The summed E-state index contributed by atoms with van der Waals surface area (Å²) in [6.45, 7) is 1.78. The van der Waals surface area contributed by atoms with Gasteiger partial charge in [0.15, 0.2) is 0 Å². The van der Waals surface area contributed by atoms with Gasteiger partial charge in [0.1, 0.15) is 0 Å². The zero-order chi connectivity index (χ0) is 16.3. The van der Waals surface area contributed by atoms with Crippen LogP contribution in [0.3, 0.4) is 0 Å². The fourth-order valence-electron chi connectivity index (χ4n) is 1.85. The number of carbonyl (C=O) groups excluding carboxylic acids is 2. The van der Waals surface area contributed by atoms with Gasteiger partial charge in [-0.25, -0.2) is 0 Å². The molecule has 0 radical (unpaired) electrons. The molecule has 0 fully saturated rings. The lowest BCUT2D eigenvalue weighted by molar-refractivity contribution is -0.116. The van der Waals surface area contributed by atoms with E-state index in [1.807, 2.05) is 18.4 Å². The van der Waals surface area contributed by atoms with Crippen LogP contribution >= 0.6 is 34.5 Å². The van der Waals surface area contributed by atoms with E-state index in [2.05, 4.69) is 5.32 Å². The van der Waals surface area contributed by atoms with Gasteiger partial charge in [0, 0.05) is 7.05 Å². The number of anilines is 1. The van der Waals surface area contributed by atoms with Gasteiger partial charge >= 0.3 is 0 Å². The Hall–Kier alpha value is -1.56. The summed E-state index contributed by atoms with van der Waals surface area (Å²) >= 11 is 13.4. The summed E-state index contributed by atoms with van der Waals surface area (Å²) in [5.74, 6) is -0.548. The highest BCUT2D eigenvalue weighted by Crippen LogP contribution is 2.29. The van der Waals surface area contributed by atoms with Crippen LogP contribution < -0.4 is 5.32 Å². The Balaban J connectivity index is 2.03. The molecule has 0 atom stereocenters. The Bertz CT molecular complexity index is 695. The quantitative estimate of drug-likeness (QED) is 0.897. The minimum atomic E-state index is -0.361. The SMILES string of the molecule is Cc1ccsc1C(=O)N(C)CC(=O)Nc1c(Cl)cccc1Cl. The molecule has 0 aliphatic carbocycles. The number of benzene rings is 1. The van der Waals surface area contributed by atoms with Crippen LogP contribution in [0.25, 0.3) is 0 Å². The molecule has 7 heteroatoms. The molecule has 0 bridgehead atoms. The summed E-state index contributed by atoms with van der Waals surface area (Å²) in [5.41, 5.74) is 1.25. The van der Waals surface area contributed by atoms with Crippen LogP contribution in [-0.4, -0.2) is 30.3 Å². The van der Waals surface area contributed by atoms with Gasteiger partial charge in [-0.05, 0) is 36.1 Å². The molecule has 0 saturated carbocycles. The minimum Gasteiger partial charge on any atom is -0.332 e. The van der Waals surface area contributed by atoms with E-state index in [1.165, 1.54) is 16.2 Å². The molecule has 1 aromatic heterocycles. The average Bonchev–Trinajstić information content (AvgIpc) is 2.88. The third-order valence-electron chi connectivity index (χ3n) is 3.01. The molecule has 0 spiro atoms. The van der Waals surface area contributed by atoms with Crippen molar-refractivity contribution in [3.8, 4) is 0 Å². The first-order valence-corrected chi connectivity index (χ1v) is 8.07. The van der Waals surface area contributed by atoms with Gasteiger partial charge in [0.05, 0.1) is 27.2 Å².